The van der Waals surface area contributed by atoms with Gasteiger partial charge in [0, 0.05) is 16.5 Å². The number of nitrogens with zero attached hydrogens (tertiary/aromatic N) is 2. The Morgan fingerprint density at radius 1 is 1.43 bits per heavy atom. The van der Waals surface area contributed by atoms with E-state index in [0.717, 1.165) is 11.8 Å². The van der Waals surface area contributed by atoms with Crippen LogP contribution in [-0.4, -0.2) is 24.8 Å². The highest BCUT2D eigenvalue weighted by Gasteiger charge is 2.14. The largest absolute Gasteiger partial charge is 0.338 e. The first-order valence-corrected chi connectivity index (χ1v) is 9.68. The van der Waals surface area contributed by atoms with Crippen molar-refractivity contribution in [3.8, 4) is 0 Å². The number of hydrogen-bond acceptors (Lipinski definition) is 6. The highest BCUT2D eigenvalue weighted by molar-refractivity contribution is 7.98. The maximum absolute atomic E-state index is 11.2. The molecule has 8 heteroatoms. The van der Waals surface area contributed by atoms with Crippen molar-refractivity contribution in [1.82, 2.24) is 10.1 Å². The van der Waals surface area contributed by atoms with Gasteiger partial charge in [-0.2, -0.15) is 4.98 Å². The Morgan fingerprint density at radius 3 is 2.86 bits per heavy atom. The zero-order chi connectivity index (χ0) is 15.5. The van der Waals surface area contributed by atoms with Gasteiger partial charge in [-0.05, 0) is 24.6 Å². The summed E-state index contributed by atoms with van der Waals surface area (Å²) in [6.45, 7) is 2.06. The number of hydrogen-bond donors (Lipinski definition) is 0. The van der Waals surface area contributed by atoms with Gasteiger partial charge in [0.15, 0.2) is 15.7 Å². The molecule has 0 spiro atoms. The fourth-order valence-corrected chi connectivity index (χ4v) is 3.33. The van der Waals surface area contributed by atoms with E-state index < -0.39 is 9.84 Å². The Morgan fingerprint density at radius 2 is 2.19 bits per heavy atom. The van der Waals surface area contributed by atoms with Crippen LogP contribution in [0.2, 0.25) is 5.02 Å². The van der Waals surface area contributed by atoms with Crippen LogP contribution in [0, 0.1) is 0 Å². The van der Waals surface area contributed by atoms with E-state index in [-0.39, 0.29) is 16.8 Å². The normalized spacial score (nSPS) is 13.3. The second-order valence-electron chi connectivity index (χ2n) is 4.68. The van der Waals surface area contributed by atoms with Gasteiger partial charge in [0.2, 0.25) is 5.89 Å². The second kappa shape index (κ2) is 6.81. The molecular weight excluding hydrogens is 332 g/mol. The molecule has 0 saturated heterocycles. The summed E-state index contributed by atoms with van der Waals surface area (Å²) in [5, 5.41) is 4.59. The molecule has 0 N–H and O–H groups in total. The van der Waals surface area contributed by atoms with E-state index in [4.69, 9.17) is 16.1 Å². The van der Waals surface area contributed by atoms with Crippen LogP contribution in [0.5, 0.6) is 0 Å². The van der Waals surface area contributed by atoms with Crippen LogP contribution in [0.15, 0.2) is 28.8 Å². The molecule has 0 saturated carbocycles. The van der Waals surface area contributed by atoms with Crippen molar-refractivity contribution < 1.29 is 12.9 Å². The maximum Gasteiger partial charge on any atom is 0.236 e. The fraction of sp³-hybridized carbons (Fsp3) is 0.385. The molecule has 2 aromatic rings. The minimum Gasteiger partial charge on any atom is -0.338 e. The molecule has 2 rings (SSSR count). The van der Waals surface area contributed by atoms with Crippen LogP contribution in [0.1, 0.15) is 29.5 Å². The topological polar surface area (TPSA) is 73.1 Å². The lowest BCUT2D eigenvalue weighted by atomic mass is 10.2. The first kappa shape index (κ1) is 16.3. The lowest BCUT2D eigenvalue weighted by molar-refractivity contribution is 0.386. The Kier molecular flexibility index (Phi) is 5.29. The third-order valence-corrected chi connectivity index (χ3v) is 4.88. The van der Waals surface area contributed by atoms with Gasteiger partial charge < -0.3 is 4.52 Å². The summed E-state index contributed by atoms with van der Waals surface area (Å²) >= 11 is 7.58. The van der Waals surface area contributed by atoms with Crippen molar-refractivity contribution in [3.63, 3.8) is 0 Å². The average molecular weight is 347 g/mol. The van der Waals surface area contributed by atoms with Crippen LogP contribution < -0.4 is 0 Å². The first-order valence-electron chi connectivity index (χ1n) is 6.20. The van der Waals surface area contributed by atoms with Crippen molar-refractivity contribution in [3.05, 3.63) is 46.6 Å². The van der Waals surface area contributed by atoms with Gasteiger partial charge in [0.25, 0.3) is 0 Å². The smallest absolute Gasteiger partial charge is 0.236 e. The Bertz CT molecular complexity index is 716. The van der Waals surface area contributed by atoms with E-state index in [9.17, 15) is 8.42 Å². The minimum absolute atomic E-state index is 0.198. The highest BCUT2D eigenvalue weighted by Crippen LogP contribution is 2.31. The van der Waals surface area contributed by atoms with E-state index in [1.807, 2.05) is 24.3 Å². The monoisotopic (exact) mass is 346 g/mol. The Balaban J connectivity index is 1.94. The molecule has 0 bridgehead atoms. The number of benzene rings is 1. The van der Waals surface area contributed by atoms with Crippen LogP contribution >= 0.6 is 23.4 Å². The Labute approximate surface area is 133 Å². The van der Waals surface area contributed by atoms with Crippen molar-refractivity contribution >= 4 is 33.2 Å². The summed E-state index contributed by atoms with van der Waals surface area (Å²) in [6, 6.07) is 7.66. The first-order chi connectivity index (χ1) is 9.83. The fourth-order valence-electron chi connectivity index (χ4n) is 1.69. The van der Waals surface area contributed by atoms with Crippen molar-refractivity contribution in [2.24, 2.45) is 0 Å². The van der Waals surface area contributed by atoms with Crippen LogP contribution in [0.25, 0.3) is 0 Å². The average Bonchev–Trinajstić information content (AvgIpc) is 2.81. The summed E-state index contributed by atoms with van der Waals surface area (Å²) in [7, 11) is -3.15. The van der Waals surface area contributed by atoms with E-state index in [1.54, 1.807) is 11.8 Å². The summed E-state index contributed by atoms with van der Waals surface area (Å²) < 4.78 is 27.4. The van der Waals surface area contributed by atoms with Crippen LogP contribution in [-0.2, 0) is 21.3 Å². The van der Waals surface area contributed by atoms with Crippen molar-refractivity contribution in [1.29, 1.82) is 0 Å². The molecule has 0 fully saturated rings. The van der Waals surface area contributed by atoms with Crippen LogP contribution in [0.3, 0.4) is 0 Å². The predicted octanol–water partition coefficient (Wildman–Crippen LogP) is 3.26. The van der Waals surface area contributed by atoms with Gasteiger partial charge in [0.05, 0.1) is 5.75 Å². The van der Waals surface area contributed by atoms with E-state index in [2.05, 4.69) is 17.1 Å². The molecule has 5 nitrogen and oxygen atoms in total. The molecule has 0 aliphatic heterocycles. The maximum atomic E-state index is 11.2. The standard InChI is InChI=1S/C13H15ClN2O3S2/c1-9(10-4-3-5-11(14)6-10)20-7-13-15-12(16-19-13)8-21(2,17)18/h3-6,9H,7-8H2,1-2H3/t9-/m1/s1. The molecule has 0 unspecified atom stereocenters. The number of thioether (sulfide) groups is 1. The zero-order valence-electron chi connectivity index (χ0n) is 11.6. The second-order valence-corrected chi connectivity index (χ2v) is 8.59. The van der Waals surface area contributed by atoms with Crippen LogP contribution in [0.4, 0.5) is 0 Å². The van der Waals surface area contributed by atoms with Gasteiger partial charge in [-0.15, -0.1) is 11.8 Å². The number of halogens is 1. The molecular formula is C13H15ClN2O3S2. The number of aromatic nitrogens is 2. The summed E-state index contributed by atoms with van der Waals surface area (Å²) in [5.74, 6) is 0.936. The SMILES string of the molecule is C[C@@H](SCc1nc(CS(C)(=O)=O)no1)c1cccc(Cl)c1. The summed E-state index contributed by atoms with van der Waals surface area (Å²) in [4.78, 5) is 4.07. The van der Waals surface area contributed by atoms with E-state index >= 15 is 0 Å². The highest BCUT2D eigenvalue weighted by atomic mass is 35.5. The molecule has 1 aromatic heterocycles. The summed E-state index contributed by atoms with van der Waals surface area (Å²) in [5.41, 5.74) is 1.11. The lowest BCUT2D eigenvalue weighted by Crippen LogP contribution is -2.02. The summed E-state index contributed by atoms with van der Waals surface area (Å²) in [6.07, 6.45) is 1.14. The predicted molar refractivity (Wildman–Crippen MR) is 84.0 cm³/mol. The third kappa shape index (κ3) is 5.33. The molecule has 1 aromatic carbocycles. The molecule has 0 aliphatic rings. The third-order valence-electron chi connectivity index (χ3n) is 2.68. The minimum atomic E-state index is -3.15. The Hall–Kier alpha value is -1.05. The van der Waals surface area contributed by atoms with E-state index in [0.29, 0.717) is 16.7 Å². The molecule has 0 amide bonds. The molecule has 21 heavy (non-hydrogen) atoms. The number of rotatable bonds is 6. The van der Waals surface area contributed by atoms with Gasteiger partial charge in [-0.3, -0.25) is 0 Å². The van der Waals surface area contributed by atoms with E-state index in [1.165, 1.54) is 0 Å². The van der Waals surface area contributed by atoms with Crippen molar-refractivity contribution in [2.45, 2.75) is 23.7 Å². The lowest BCUT2D eigenvalue weighted by Gasteiger charge is -2.10. The van der Waals surface area contributed by atoms with Gasteiger partial charge in [-0.1, -0.05) is 28.9 Å². The zero-order valence-corrected chi connectivity index (χ0v) is 14.0. The molecule has 0 radical (unpaired) electrons. The quantitative estimate of drug-likeness (QED) is 0.799. The molecule has 114 valence electrons. The molecule has 1 atom stereocenters. The van der Waals surface area contributed by atoms with Gasteiger partial charge in [-0.25, -0.2) is 8.42 Å². The van der Waals surface area contributed by atoms with Crippen molar-refractivity contribution in [2.75, 3.05) is 6.26 Å². The number of sulfone groups is 1. The molecule has 1 heterocycles. The van der Waals surface area contributed by atoms with Gasteiger partial charge >= 0.3 is 0 Å². The van der Waals surface area contributed by atoms with Gasteiger partial charge in [0.1, 0.15) is 5.75 Å². The molecule has 0 aliphatic carbocycles.